The van der Waals surface area contributed by atoms with Gasteiger partial charge < -0.3 is 9.72 Å². The molecule has 0 aliphatic heterocycles. The molecule has 2 bridgehead atoms. The molecule has 4 heteroatoms. The van der Waals surface area contributed by atoms with E-state index >= 15 is 0 Å². The van der Waals surface area contributed by atoms with Gasteiger partial charge in [0.2, 0.25) is 0 Å². The molecule has 0 fully saturated rings. The highest BCUT2D eigenvalue weighted by Crippen LogP contribution is 2.51. The standard InChI is InChI=1S/C13H14BrNO2/c1-2-17-13(16)12-11-8-4-3-7(5-10(8)14)9(11)6-15-12/h5-8,15H,2-4H2,1H3. The van der Waals surface area contributed by atoms with Crippen molar-refractivity contribution in [2.45, 2.75) is 31.6 Å². The number of nitrogens with one attached hydrogen (secondary N) is 1. The van der Waals surface area contributed by atoms with Crippen molar-refractivity contribution in [3.8, 4) is 0 Å². The molecule has 0 aromatic carbocycles. The third kappa shape index (κ3) is 1.58. The van der Waals surface area contributed by atoms with Gasteiger partial charge in [-0.3, -0.25) is 0 Å². The average molecular weight is 296 g/mol. The van der Waals surface area contributed by atoms with Crippen LogP contribution in [0.3, 0.4) is 0 Å². The number of aromatic amines is 1. The number of carbonyl (C=O) groups is 1. The lowest BCUT2D eigenvalue weighted by molar-refractivity contribution is 0.0518. The summed E-state index contributed by atoms with van der Waals surface area (Å²) in [6, 6.07) is 0. The molecule has 0 saturated heterocycles. The summed E-state index contributed by atoms with van der Waals surface area (Å²) in [7, 11) is 0. The minimum Gasteiger partial charge on any atom is -0.461 e. The average Bonchev–Trinajstić information content (AvgIpc) is 2.76. The van der Waals surface area contributed by atoms with Gasteiger partial charge in [-0.1, -0.05) is 22.0 Å². The Bertz CT molecular complexity index is 504. The lowest BCUT2D eigenvalue weighted by Crippen LogP contribution is -2.20. The molecule has 1 aromatic rings. The van der Waals surface area contributed by atoms with Gasteiger partial charge in [0.15, 0.2) is 0 Å². The summed E-state index contributed by atoms with van der Waals surface area (Å²) in [5.41, 5.74) is 3.06. The monoisotopic (exact) mass is 295 g/mol. The molecule has 0 radical (unpaired) electrons. The summed E-state index contributed by atoms with van der Waals surface area (Å²) in [5.74, 6) is 0.547. The molecule has 3 nitrogen and oxygen atoms in total. The van der Waals surface area contributed by atoms with E-state index in [1.807, 2.05) is 13.1 Å². The number of esters is 1. The van der Waals surface area contributed by atoms with Crippen molar-refractivity contribution in [3.05, 3.63) is 33.6 Å². The van der Waals surface area contributed by atoms with Crippen molar-refractivity contribution >= 4 is 21.9 Å². The Morgan fingerprint density at radius 3 is 3.12 bits per heavy atom. The Hall–Kier alpha value is -1.03. The van der Waals surface area contributed by atoms with Crippen LogP contribution in [0.5, 0.6) is 0 Å². The molecule has 3 aliphatic rings. The van der Waals surface area contributed by atoms with Crippen molar-refractivity contribution in [1.82, 2.24) is 4.98 Å². The molecule has 0 saturated carbocycles. The predicted octanol–water partition coefficient (Wildman–Crippen LogP) is 3.44. The van der Waals surface area contributed by atoms with Gasteiger partial charge in [-0.15, -0.1) is 0 Å². The normalized spacial score (nSPS) is 25.4. The van der Waals surface area contributed by atoms with E-state index in [4.69, 9.17) is 4.74 Å². The topological polar surface area (TPSA) is 42.1 Å². The molecule has 4 rings (SSSR count). The number of hydrogen-bond acceptors (Lipinski definition) is 2. The van der Waals surface area contributed by atoms with E-state index in [2.05, 4.69) is 27.0 Å². The molecule has 17 heavy (non-hydrogen) atoms. The Labute approximate surface area is 108 Å². The highest BCUT2D eigenvalue weighted by molar-refractivity contribution is 9.11. The Morgan fingerprint density at radius 2 is 2.41 bits per heavy atom. The fourth-order valence-corrected chi connectivity index (χ4v) is 3.68. The molecular weight excluding hydrogens is 282 g/mol. The summed E-state index contributed by atoms with van der Waals surface area (Å²) in [5, 5.41) is 0. The van der Waals surface area contributed by atoms with Crippen LogP contribution in [0.25, 0.3) is 0 Å². The van der Waals surface area contributed by atoms with Gasteiger partial charge in [0.25, 0.3) is 0 Å². The van der Waals surface area contributed by atoms with Gasteiger partial charge in [-0.05, 0) is 35.4 Å². The molecular formula is C13H14BrNO2. The number of carbonyl (C=O) groups excluding carboxylic acids is 1. The van der Waals surface area contributed by atoms with Gasteiger partial charge >= 0.3 is 5.97 Å². The molecule has 0 spiro atoms. The molecule has 1 heterocycles. The van der Waals surface area contributed by atoms with Crippen LogP contribution < -0.4 is 0 Å². The lowest BCUT2D eigenvalue weighted by Gasteiger charge is -2.34. The Balaban J connectivity index is 2.05. The number of ether oxygens (including phenoxy) is 1. The predicted molar refractivity (Wildman–Crippen MR) is 68.5 cm³/mol. The molecule has 1 aromatic heterocycles. The molecule has 90 valence electrons. The lowest BCUT2D eigenvalue weighted by atomic mass is 9.72. The number of aromatic nitrogens is 1. The van der Waals surface area contributed by atoms with Crippen molar-refractivity contribution in [1.29, 1.82) is 0 Å². The van der Waals surface area contributed by atoms with Crippen LogP contribution in [0.4, 0.5) is 0 Å². The number of fused-ring (bicyclic) bond motifs is 1. The van der Waals surface area contributed by atoms with Crippen molar-refractivity contribution in [2.75, 3.05) is 6.61 Å². The van der Waals surface area contributed by atoms with E-state index < -0.39 is 0 Å². The number of hydrogen-bond donors (Lipinski definition) is 1. The first kappa shape index (κ1) is 11.1. The zero-order valence-corrected chi connectivity index (χ0v) is 11.2. The quantitative estimate of drug-likeness (QED) is 0.849. The number of allylic oxidation sites excluding steroid dienone is 2. The largest absolute Gasteiger partial charge is 0.461 e. The third-order valence-electron chi connectivity index (χ3n) is 3.64. The second kappa shape index (κ2) is 4.02. The summed E-state index contributed by atoms with van der Waals surface area (Å²) in [4.78, 5) is 15.0. The number of rotatable bonds is 2. The fraction of sp³-hybridized carbons (Fsp3) is 0.462. The van der Waals surface area contributed by atoms with E-state index in [1.165, 1.54) is 16.5 Å². The minimum absolute atomic E-state index is 0.235. The van der Waals surface area contributed by atoms with E-state index in [9.17, 15) is 4.79 Å². The van der Waals surface area contributed by atoms with Crippen molar-refractivity contribution in [3.63, 3.8) is 0 Å². The van der Waals surface area contributed by atoms with Crippen molar-refractivity contribution < 1.29 is 9.53 Å². The van der Waals surface area contributed by atoms with Gasteiger partial charge in [-0.25, -0.2) is 4.79 Å². The van der Waals surface area contributed by atoms with Gasteiger partial charge in [-0.2, -0.15) is 0 Å². The van der Waals surface area contributed by atoms with Gasteiger partial charge in [0.1, 0.15) is 5.69 Å². The smallest absolute Gasteiger partial charge is 0.355 e. The number of H-pyrrole nitrogens is 1. The summed E-state index contributed by atoms with van der Waals surface area (Å²) in [6.45, 7) is 2.24. The molecule has 3 aliphatic carbocycles. The van der Waals surface area contributed by atoms with Gasteiger partial charge in [0.05, 0.1) is 6.61 Å². The SMILES string of the molecule is CCOC(=O)c1[nH]cc2c1C1CCC2C=C1Br. The second-order valence-corrected chi connectivity index (χ2v) is 5.46. The van der Waals surface area contributed by atoms with Crippen LogP contribution >= 0.6 is 15.9 Å². The minimum atomic E-state index is -0.235. The van der Waals surface area contributed by atoms with Crippen LogP contribution in [0.1, 0.15) is 53.2 Å². The zero-order valence-electron chi connectivity index (χ0n) is 9.63. The highest BCUT2D eigenvalue weighted by atomic mass is 79.9. The number of halogens is 1. The fourth-order valence-electron chi connectivity index (χ4n) is 2.91. The molecule has 2 unspecified atom stereocenters. The first-order chi connectivity index (χ1) is 8.22. The van der Waals surface area contributed by atoms with E-state index in [0.717, 1.165) is 12.0 Å². The summed E-state index contributed by atoms with van der Waals surface area (Å²) in [6.07, 6.45) is 6.51. The first-order valence-corrected chi connectivity index (χ1v) is 6.77. The van der Waals surface area contributed by atoms with Crippen LogP contribution in [0.15, 0.2) is 16.8 Å². The van der Waals surface area contributed by atoms with Crippen molar-refractivity contribution in [2.24, 2.45) is 0 Å². The third-order valence-corrected chi connectivity index (χ3v) is 4.46. The Kier molecular flexibility index (Phi) is 2.62. The van der Waals surface area contributed by atoms with E-state index in [-0.39, 0.29) is 5.97 Å². The highest BCUT2D eigenvalue weighted by Gasteiger charge is 2.37. The molecule has 2 atom stereocenters. The maximum Gasteiger partial charge on any atom is 0.355 e. The van der Waals surface area contributed by atoms with Crippen LogP contribution in [-0.2, 0) is 4.74 Å². The van der Waals surface area contributed by atoms with Crippen LogP contribution in [0.2, 0.25) is 0 Å². The van der Waals surface area contributed by atoms with Crippen LogP contribution in [0, 0.1) is 0 Å². The molecule has 0 amide bonds. The second-order valence-electron chi connectivity index (χ2n) is 4.54. The zero-order chi connectivity index (χ0) is 12.0. The molecule has 1 N–H and O–H groups in total. The first-order valence-electron chi connectivity index (χ1n) is 5.97. The van der Waals surface area contributed by atoms with E-state index in [0.29, 0.717) is 24.1 Å². The summed E-state index contributed by atoms with van der Waals surface area (Å²) >= 11 is 3.62. The van der Waals surface area contributed by atoms with Gasteiger partial charge in [0, 0.05) is 18.0 Å². The maximum absolute atomic E-state index is 11.9. The summed E-state index contributed by atoms with van der Waals surface area (Å²) < 4.78 is 6.30. The Morgan fingerprint density at radius 1 is 1.59 bits per heavy atom. The van der Waals surface area contributed by atoms with Crippen LogP contribution in [-0.4, -0.2) is 17.6 Å². The maximum atomic E-state index is 11.9. The van der Waals surface area contributed by atoms with E-state index in [1.54, 1.807) is 0 Å².